The van der Waals surface area contributed by atoms with E-state index in [1.165, 1.54) is 0 Å². The molecule has 0 heterocycles. The van der Waals surface area contributed by atoms with Crippen LogP contribution in [0.3, 0.4) is 0 Å². The van der Waals surface area contributed by atoms with Crippen molar-refractivity contribution in [1.82, 2.24) is 0 Å². The Morgan fingerprint density at radius 2 is 2.16 bits per heavy atom. The number of halogens is 1. The standard InChI is InChI=1S/C14H22BrN3O/c1-10(2)9-18(6-7-19-3)13-5-4-11(14(16)17)8-12(13)15/h4-5,8,10H,6-7,9H2,1-3H3,(H3,16,17). The molecule has 106 valence electrons. The van der Waals surface area contributed by atoms with E-state index in [9.17, 15) is 0 Å². The summed E-state index contributed by atoms with van der Waals surface area (Å²) in [6.45, 7) is 6.87. The van der Waals surface area contributed by atoms with Gasteiger partial charge in [-0.1, -0.05) is 13.8 Å². The van der Waals surface area contributed by atoms with Crippen LogP contribution in [0.5, 0.6) is 0 Å². The molecular formula is C14H22BrN3O. The second kappa shape index (κ2) is 7.50. The van der Waals surface area contributed by atoms with Crippen molar-refractivity contribution in [3.05, 3.63) is 28.2 Å². The zero-order valence-electron chi connectivity index (χ0n) is 11.7. The van der Waals surface area contributed by atoms with E-state index in [2.05, 4.69) is 34.7 Å². The number of anilines is 1. The molecule has 19 heavy (non-hydrogen) atoms. The highest BCUT2D eigenvalue weighted by molar-refractivity contribution is 9.10. The van der Waals surface area contributed by atoms with Crippen molar-refractivity contribution < 1.29 is 4.74 Å². The number of rotatable bonds is 7. The molecule has 0 radical (unpaired) electrons. The number of nitrogen functional groups attached to an aromatic ring is 1. The molecule has 0 aromatic heterocycles. The summed E-state index contributed by atoms with van der Waals surface area (Å²) < 4.78 is 6.12. The second-order valence-electron chi connectivity index (χ2n) is 4.91. The molecule has 0 spiro atoms. The molecule has 0 bridgehead atoms. The van der Waals surface area contributed by atoms with Crippen LogP contribution in [0, 0.1) is 11.3 Å². The van der Waals surface area contributed by atoms with Crippen LogP contribution in [-0.2, 0) is 4.74 Å². The monoisotopic (exact) mass is 327 g/mol. The van der Waals surface area contributed by atoms with Crippen LogP contribution in [0.15, 0.2) is 22.7 Å². The molecule has 4 nitrogen and oxygen atoms in total. The summed E-state index contributed by atoms with van der Waals surface area (Å²) in [4.78, 5) is 2.28. The van der Waals surface area contributed by atoms with Crippen molar-refractivity contribution >= 4 is 27.5 Å². The van der Waals surface area contributed by atoms with E-state index in [1.807, 2.05) is 18.2 Å². The topological polar surface area (TPSA) is 62.3 Å². The number of nitrogens with two attached hydrogens (primary N) is 1. The van der Waals surface area contributed by atoms with Crippen LogP contribution in [0.1, 0.15) is 19.4 Å². The highest BCUT2D eigenvalue weighted by Crippen LogP contribution is 2.28. The summed E-state index contributed by atoms with van der Waals surface area (Å²) in [6.07, 6.45) is 0. The van der Waals surface area contributed by atoms with Gasteiger partial charge in [0.15, 0.2) is 0 Å². The fraction of sp³-hybridized carbons (Fsp3) is 0.500. The molecule has 5 heteroatoms. The highest BCUT2D eigenvalue weighted by atomic mass is 79.9. The van der Waals surface area contributed by atoms with Crippen LogP contribution in [0.4, 0.5) is 5.69 Å². The summed E-state index contributed by atoms with van der Waals surface area (Å²) in [7, 11) is 1.71. The normalized spacial score (nSPS) is 10.8. The molecule has 0 saturated carbocycles. The maximum Gasteiger partial charge on any atom is 0.122 e. The average molecular weight is 328 g/mol. The quantitative estimate of drug-likeness (QED) is 0.598. The lowest BCUT2D eigenvalue weighted by atomic mass is 10.1. The Labute approximate surface area is 123 Å². The van der Waals surface area contributed by atoms with E-state index in [0.717, 1.165) is 28.8 Å². The lowest BCUT2D eigenvalue weighted by molar-refractivity contribution is 0.204. The summed E-state index contributed by atoms with van der Waals surface area (Å²) in [5.74, 6) is 0.649. The van der Waals surface area contributed by atoms with Gasteiger partial charge in [-0.3, -0.25) is 5.41 Å². The van der Waals surface area contributed by atoms with Crippen LogP contribution in [0.2, 0.25) is 0 Å². The Morgan fingerprint density at radius 3 is 2.63 bits per heavy atom. The lowest BCUT2D eigenvalue weighted by Crippen LogP contribution is -2.31. The summed E-state index contributed by atoms with van der Waals surface area (Å²) in [5.41, 5.74) is 7.33. The van der Waals surface area contributed by atoms with E-state index in [1.54, 1.807) is 7.11 Å². The molecule has 0 saturated heterocycles. The second-order valence-corrected chi connectivity index (χ2v) is 5.77. The molecule has 0 unspecified atom stereocenters. The van der Waals surface area contributed by atoms with E-state index < -0.39 is 0 Å². The number of methoxy groups -OCH3 is 1. The first-order valence-corrected chi connectivity index (χ1v) is 7.12. The molecule has 0 atom stereocenters. The zero-order chi connectivity index (χ0) is 14.4. The minimum absolute atomic E-state index is 0.0829. The summed E-state index contributed by atoms with van der Waals surface area (Å²) >= 11 is 3.56. The SMILES string of the molecule is COCCN(CC(C)C)c1ccc(C(=N)N)cc1Br. The van der Waals surface area contributed by atoms with Crippen molar-refractivity contribution in [2.45, 2.75) is 13.8 Å². The van der Waals surface area contributed by atoms with Crippen molar-refractivity contribution in [1.29, 1.82) is 5.41 Å². The molecule has 1 aromatic rings. The van der Waals surface area contributed by atoms with Gasteiger partial charge in [0, 0.05) is 30.2 Å². The van der Waals surface area contributed by atoms with E-state index >= 15 is 0 Å². The van der Waals surface area contributed by atoms with Crippen molar-refractivity contribution in [3.8, 4) is 0 Å². The first kappa shape index (κ1) is 16.0. The Balaban J connectivity index is 2.97. The van der Waals surface area contributed by atoms with E-state index in [-0.39, 0.29) is 5.84 Å². The third-order valence-electron chi connectivity index (χ3n) is 2.75. The average Bonchev–Trinajstić information content (AvgIpc) is 2.34. The lowest BCUT2D eigenvalue weighted by Gasteiger charge is -2.27. The third kappa shape index (κ3) is 4.84. The van der Waals surface area contributed by atoms with Crippen molar-refractivity contribution in [2.24, 2.45) is 11.7 Å². The molecule has 0 fully saturated rings. The third-order valence-corrected chi connectivity index (χ3v) is 3.39. The molecule has 1 rings (SSSR count). The van der Waals surface area contributed by atoms with Gasteiger partial charge in [-0.25, -0.2) is 0 Å². The van der Waals surface area contributed by atoms with Crippen LogP contribution < -0.4 is 10.6 Å². The van der Waals surface area contributed by atoms with Crippen molar-refractivity contribution in [2.75, 3.05) is 31.7 Å². The van der Waals surface area contributed by atoms with E-state index in [4.69, 9.17) is 15.9 Å². The highest BCUT2D eigenvalue weighted by Gasteiger charge is 2.12. The Hall–Kier alpha value is -1.07. The number of amidine groups is 1. The minimum atomic E-state index is 0.0829. The first-order valence-electron chi connectivity index (χ1n) is 6.33. The molecule has 3 N–H and O–H groups in total. The number of nitrogens with one attached hydrogen (secondary N) is 1. The minimum Gasteiger partial charge on any atom is -0.384 e. The molecule has 1 aromatic carbocycles. The van der Waals surface area contributed by atoms with Gasteiger partial charge in [0.2, 0.25) is 0 Å². The first-order chi connectivity index (χ1) is 8.95. The zero-order valence-corrected chi connectivity index (χ0v) is 13.3. The van der Waals surface area contributed by atoms with Gasteiger partial charge in [0.25, 0.3) is 0 Å². The maximum atomic E-state index is 7.46. The van der Waals surface area contributed by atoms with Crippen molar-refractivity contribution in [3.63, 3.8) is 0 Å². The summed E-state index contributed by atoms with van der Waals surface area (Å²) in [6, 6.07) is 5.76. The Bertz CT molecular complexity index is 435. The van der Waals surface area contributed by atoms with E-state index in [0.29, 0.717) is 12.5 Å². The van der Waals surface area contributed by atoms with Gasteiger partial charge >= 0.3 is 0 Å². The fourth-order valence-electron chi connectivity index (χ4n) is 1.88. The van der Waals surface area contributed by atoms with Gasteiger partial charge in [-0.15, -0.1) is 0 Å². The number of hydrogen-bond donors (Lipinski definition) is 2. The Kier molecular flexibility index (Phi) is 6.31. The van der Waals surface area contributed by atoms with Gasteiger partial charge in [0.1, 0.15) is 5.84 Å². The number of hydrogen-bond acceptors (Lipinski definition) is 3. The van der Waals surface area contributed by atoms with Crippen LogP contribution in [0.25, 0.3) is 0 Å². The van der Waals surface area contributed by atoms with Gasteiger partial charge < -0.3 is 15.4 Å². The predicted octanol–water partition coefficient (Wildman–Crippen LogP) is 2.84. The van der Waals surface area contributed by atoms with Gasteiger partial charge in [-0.2, -0.15) is 0 Å². The molecule has 0 aliphatic carbocycles. The van der Waals surface area contributed by atoms with Crippen LogP contribution in [-0.4, -0.2) is 32.6 Å². The molecular weight excluding hydrogens is 306 g/mol. The molecule has 0 amide bonds. The number of benzene rings is 1. The number of nitrogens with zero attached hydrogens (tertiary/aromatic N) is 1. The Morgan fingerprint density at radius 1 is 1.47 bits per heavy atom. The van der Waals surface area contributed by atoms with Crippen LogP contribution >= 0.6 is 15.9 Å². The summed E-state index contributed by atoms with van der Waals surface area (Å²) in [5, 5.41) is 7.46. The smallest absolute Gasteiger partial charge is 0.122 e. The molecule has 0 aliphatic rings. The van der Waals surface area contributed by atoms with Gasteiger partial charge in [0.05, 0.1) is 12.3 Å². The predicted molar refractivity (Wildman–Crippen MR) is 84.1 cm³/mol. The largest absolute Gasteiger partial charge is 0.384 e. The maximum absolute atomic E-state index is 7.46. The fourth-order valence-corrected chi connectivity index (χ4v) is 2.51. The molecule has 0 aliphatic heterocycles. The van der Waals surface area contributed by atoms with Gasteiger partial charge in [-0.05, 0) is 40.0 Å². The number of ether oxygens (including phenoxy) is 1.